The molecule has 0 aliphatic carbocycles. The van der Waals surface area contributed by atoms with Crippen LogP contribution in [-0.4, -0.2) is 7.05 Å². The van der Waals surface area contributed by atoms with Crippen molar-refractivity contribution < 1.29 is 4.39 Å². The molecule has 1 nitrogen and oxygen atoms in total. The molecule has 0 aliphatic heterocycles. The van der Waals surface area contributed by atoms with Crippen LogP contribution in [0.1, 0.15) is 28.3 Å². The maximum Gasteiger partial charge on any atom is 0.123 e. The van der Waals surface area contributed by atoms with E-state index in [1.165, 1.54) is 22.8 Å². The highest BCUT2D eigenvalue weighted by Gasteiger charge is 2.14. The minimum absolute atomic E-state index is 0.175. The summed E-state index contributed by atoms with van der Waals surface area (Å²) in [7, 11) is 1.94. The van der Waals surface area contributed by atoms with Gasteiger partial charge in [0.05, 0.1) is 0 Å². The Morgan fingerprint density at radius 2 is 1.90 bits per heavy atom. The number of likely N-dealkylation sites (N-methyl/N-ethyl adjacent to an activating group) is 1. The molecular weight excluding hydrogens is 317 g/mol. The molecule has 20 heavy (non-hydrogen) atoms. The molecule has 0 aliphatic rings. The molecular formula is C17H19BrFN. The Balaban J connectivity index is 2.31. The van der Waals surface area contributed by atoms with Crippen molar-refractivity contribution in [1.82, 2.24) is 5.32 Å². The first-order chi connectivity index (χ1) is 9.51. The van der Waals surface area contributed by atoms with Crippen LogP contribution in [0, 0.1) is 19.7 Å². The van der Waals surface area contributed by atoms with Crippen molar-refractivity contribution in [3.63, 3.8) is 0 Å². The minimum Gasteiger partial charge on any atom is -0.313 e. The predicted octanol–water partition coefficient (Wildman–Crippen LogP) is 4.71. The Morgan fingerprint density at radius 3 is 2.55 bits per heavy atom. The first-order valence-electron chi connectivity index (χ1n) is 6.69. The Labute approximate surface area is 128 Å². The molecule has 2 rings (SSSR count). The van der Waals surface area contributed by atoms with Crippen LogP contribution in [0.3, 0.4) is 0 Å². The van der Waals surface area contributed by atoms with Crippen LogP contribution in [0.2, 0.25) is 0 Å². The fourth-order valence-corrected chi connectivity index (χ4v) is 2.91. The van der Waals surface area contributed by atoms with E-state index in [9.17, 15) is 4.39 Å². The van der Waals surface area contributed by atoms with Crippen molar-refractivity contribution in [2.24, 2.45) is 0 Å². The number of nitrogens with one attached hydrogen (secondary N) is 1. The maximum absolute atomic E-state index is 13.4. The first-order valence-corrected chi connectivity index (χ1v) is 7.49. The van der Waals surface area contributed by atoms with Gasteiger partial charge in [-0.15, -0.1) is 0 Å². The lowest BCUT2D eigenvalue weighted by atomic mass is 9.94. The lowest BCUT2D eigenvalue weighted by molar-refractivity contribution is 0.580. The summed E-state index contributed by atoms with van der Waals surface area (Å²) in [6.45, 7) is 4.21. The molecule has 0 heterocycles. The third-order valence-corrected chi connectivity index (χ3v) is 4.35. The summed E-state index contributed by atoms with van der Waals surface area (Å²) < 4.78 is 14.3. The summed E-state index contributed by atoms with van der Waals surface area (Å²) in [5.74, 6) is -0.196. The zero-order chi connectivity index (χ0) is 14.7. The van der Waals surface area contributed by atoms with Crippen LogP contribution in [0.5, 0.6) is 0 Å². The molecule has 0 fully saturated rings. The van der Waals surface area contributed by atoms with Gasteiger partial charge in [0.25, 0.3) is 0 Å². The van der Waals surface area contributed by atoms with Gasteiger partial charge in [-0.2, -0.15) is 0 Å². The van der Waals surface area contributed by atoms with E-state index in [4.69, 9.17) is 0 Å². The fraction of sp³-hybridized carbons (Fsp3) is 0.294. The Morgan fingerprint density at radius 1 is 1.15 bits per heavy atom. The summed E-state index contributed by atoms with van der Waals surface area (Å²) in [5, 5.41) is 3.33. The maximum atomic E-state index is 13.4. The van der Waals surface area contributed by atoms with E-state index < -0.39 is 0 Å². The zero-order valence-corrected chi connectivity index (χ0v) is 13.6. The van der Waals surface area contributed by atoms with Crippen molar-refractivity contribution in [2.75, 3.05) is 7.05 Å². The lowest BCUT2D eigenvalue weighted by Gasteiger charge is -2.20. The van der Waals surface area contributed by atoms with Crippen molar-refractivity contribution in [1.29, 1.82) is 0 Å². The van der Waals surface area contributed by atoms with Gasteiger partial charge in [0.15, 0.2) is 0 Å². The monoisotopic (exact) mass is 335 g/mol. The Hall–Kier alpha value is -1.19. The van der Waals surface area contributed by atoms with E-state index in [0.29, 0.717) is 0 Å². The van der Waals surface area contributed by atoms with Crippen molar-refractivity contribution in [3.05, 3.63) is 68.9 Å². The average Bonchev–Trinajstić information content (AvgIpc) is 2.40. The Kier molecular flexibility index (Phi) is 4.95. The van der Waals surface area contributed by atoms with E-state index in [2.05, 4.69) is 53.3 Å². The van der Waals surface area contributed by atoms with Gasteiger partial charge in [0, 0.05) is 10.5 Å². The molecule has 0 amide bonds. The molecule has 0 saturated carbocycles. The van der Waals surface area contributed by atoms with Crippen LogP contribution in [0.25, 0.3) is 0 Å². The van der Waals surface area contributed by atoms with Crippen molar-refractivity contribution >= 4 is 15.9 Å². The summed E-state index contributed by atoms with van der Waals surface area (Å²) in [6, 6.07) is 11.5. The smallest absolute Gasteiger partial charge is 0.123 e. The highest BCUT2D eigenvalue weighted by molar-refractivity contribution is 9.10. The third kappa shape index (κ3) is 3.47. The van der Waals surface area contributed by atoms with Crippen LogP contribution in [0.4, 0.5) is 4.39 Å². The topological polar surface area (TPSA) is 12.0 Å². The SMILES string of the molecule is CNC(Cc1cc(F)ccc1Br)c1ccc(C)cc1C. The molecule has 2 aromatic carbocycles. The van der Waals surface area contributed by atoms with Gasteiger partial charge < -0.3 is 5.32 Å². The number of benzene rings is 2. The summed E-state index contributed by atoms with van der Waals surface area (Å²) >= 11 is 3.50. The van der Waals surface area contributed by atoms with Gasteiger partial charge in [0.1, 0.15) is 5.82 Å². The van der Waals surface area contributed by atoms with Gasteiger partial charge in [-0.05, 0) is 62.2 Å². The summed E-state index contributed by atoms with van der Waals surface area (Å²) in [6.07, 6.45) is 0.749. The quantitative estimate of drug-likeness (QED) is 0.853. The summed E-state index contributed by atoms with van der Waals surface area (Å²) in [5.41, 5.74) is 4.75. The molecule has 3 heteroatoms. The van der Waals surface area contributed by atoms with E-state index >= 15 is 0 Å². The van der Waals surface area contributed by atoms with E-state index in [1.807, 2.05) is 7.05 Å². The molecule has 0 aromatic heterocycles. The van der Waals surface area contributed by atoms with Crippen LogP contribution in [-0.2, 0) is 6.42 Å². The van der Waals surface area contributed by atoms with E-state index in [-0.39, 0.29) is 11.9 Å². The first kappa shape index (κ1) is 15.2. The second-order valence-electron chi connectivity index (χ2n) is 5.14. The van der Waals surface area contributed by atoms with Crippen LogP contribution in [0.15, 0.2) is 40.9 Å². The standard InChI is InChI=1S/C17H19BrFN/c1-11-4-6-15(12(2)8-11)17(20-3)10-13-9-14(19)5-7-16(13)18/h4-9,17,20H,10H2,1-3H3. The third-order valence-electron chi connectivity index (χ3n) is 3.58. The second kappa shape index (κ2) is 6.51. The molecule has 106 valence electrons. The van der Waals surface area contributed by atoms with E-state index in [0.717, 1.165) is 16.5 Å². The molecule has 0 spiro atoms. The number of rotatable bonds is 4. The molecule has 0 radical (unpaired) electrons. The van der Waals surface area contributed by atoms with Gasteiger partial charge in [-0.3, -0.25) is 0 Å². The minimum atomic E-state index is -0.196. The van der Waals surface area contributed by atoms with Crippen molar-refractivity contribution in [2.45, 2.75) is 26.3 Å². The zero-order valence-electron chi connectivity index (χ0n) is 12.0. The average molecular weight is 336 g/mol. The number of hydrogen-bond acceptors (Lipinski definition) is 1. The molecule has 1 atom stereocenters. The molecule has 0 saturated heterocycles. The van der Waals surface area contributed by atoms with Crippen LogP contribution < -0.4 is 5.32 Å². The number of aryl methyl sites for hydroxylation is 2. The van der Waals surface area contributed by atoms with Gasteiger partial charge in [-0.1, -0.05) is 39.7 Å². The molecule has 0 bridgehead atoms. The largest absolute Gasteiger partial charge is 0.313 e. The number of halogens is 2. The normalized spacial score (nSPS) is 12.4. The Bertz CT molecular complexity index is 610. The molecule has 1 unspecified atom stereocenters. The van der Waals surface area contributed by atoms with Gasteiger partial charge in [0.2, 0.25) is 0 Å². The van der Waals surface area contributed by atoms with Crippen LogP contribution >= 0.6 is 15.9 Å². The second-order valence-corrected chi connectivity index (χ2v) is 6.00. The van der Waals surface area contributed by atoms with Gasteiger partial charge >= 0.3 is 0 Å². The molecule has 1 N–H and O–H groups in total. The highest BCUT2D eigenvalue weighted by atomic mass is 79.9. The summed E-state index contributed by atoms with van der Waals surface area (Å²) in [4.78, 5) is 0. The fourth-order valence-electron chi connectivity index (χ4n) is 2.50. The number of hydrogen-bond donors (Lipinski definition) is 1. The van der Waals surface area contributed by atoms with E-state index in [1.54, 1.807) is 12.1 Å². The lowest BCUT2D eigenvalue weighted by Crippen LogP contribution is -2.20. The van der Waals surface area contributed by atoms with Gasteiger partial charge in [-0.25, -0.2) is 4.39 Å². The highest BCUT2D eigenvalue weighted by Crippen LogP contribution is 2.26. The van der Waals surface area contributed by atoms with Crippen molar-refractivity contribution in [3.8, 4) is 0 Å². The predicted molar refractivity (Wildman–Crippen MR) is 85.5 cm³/mol. The molecule has 2 aromatic rings.